The molecule has 0 aliphatic heterocycles. The molecular weight excluding hydrogens is 560 g/mol. The minimum Gasteiger partial charge on any atom is -0.507 e. The van der Waals surface area contributed by atoms with Gasteiger partial charge in [-0.1, -0.05) is 97.0 Å². The van der Waals surface area contributed by atoms with E-state index in [2.05, 4.69) is 95.6 Å². The molecule has 0 saturated heterocycles. The SMILES string of the molecule is CCCc1cc(-c2cc(CCC)c(O)c(C(C)C)c2)cc(CCC)c1O.CCCc1cc(Br)cc(C(C)C)c1O. The van der Waals surface area contributed by atoms with Crippen molar-refractivity contribution in [2.75, 3.05) is 0 Å². The van der Waals surface area contributed by atoms with Crippen LogP contribution in [0.1, 0.15) is 126 Å². The van der Waals surface area contributed by atoms with Crippen molar-refractivity contribution in [2.45, 2.75) is 119 Å². The van der Waals surface area contributed by atoms with Gasteiger partial charge in [0.05, 0.1) is 0 Å². The molecule has 0 amide bonds. The van der Waals surface area contributed by atoms with Crippen LogP contribution in [0.5, 0.6) is 17.2 Å². The second-order valence-electron chi connectivity index (χ2n) is 11.5. The van der Waals surface area contributed by atoms with Gasteiger partial charge in [0, 0.05) is 4.47 Å². The van der Waals surface area contributed by atoms with Crippen LogP contribution in [0.3, 0.4) is 0 Å². The summed E-state index contributed by atoms with van der Waals surface area (Å²) in [5.41, 5.74) is 8.46. The van der Waals surface area contributed by atoms with Crippen molar-refractivity contribution in [2.24, 2.45) is 0 Å². The molecule has 3 rings (SSSR count). The van der Waals surface area contributed by atoms with E-state index in [1.54, 1.807) is 0 Å². The van der Waals surface area contributed by atoms with Crippen LogP contribution in [0.25, 0.3) is 11.1 Å². The predicted molar refractivity (Wildman–Crippen MR) is 175 cm³/mol. The van der Waals surface area contributed by atoms with Gasteiger partial charge in [-0.2, -0.15) is 0 Å². The Bertz CT molecular complexity index is 1220. The number of aromatic hydroxyl groups is 3. The van der Waals surface area contributed by atoms with Crippen LogP contribution in [0, 0.1) is 0 Å². The number of aryl methyl sites for hydroxylation is 4. The van der Waals surface area contributed by atoms with Crippen LogP contribution < -0.4 is 0 Å². The van der Waals surface area contributed by atoms with Crippen LogP contribution in [0.4, 0.5) is 0 Å². The van der Waals surface area contributed by atoms with Gasteiger partial charge in [0.2, 0.25) is 0 Å². The fourth-order valence-corrected chi connectivity index (χ4v) is 5.73. The highest BCUT2D eigenvalue weighted by Gasteiger charge is 2.16. The number of benzene rings is 3. The molecule has 0 aromatic heterocycles. The number of halogens is 1. The molecule has 4 heteroatoms. The highest BCUT2D eigenvalue weighted by Crippen LogP contribution is 2.38. The summed E-state index contributed by atoms with van der Waals surface area (Å²) in [4.78, 5) is 0. The monoisotopic (exact) mass is 610 g/mol. The average Bonchev–Trinajstić information content (AvgIpc) is 2.90. The Labute approximate surface area is 251 Å². The van der Waals surface area contributed by atoms with E-state index < -0.39 is 0 Å². The lowest BCUT2D eigenvalue weighted by atomic mass is 9.89. The molecule has 40 heavy (non-hydrogen) atoms. The second-order valence-corrected chi connectivity index (χ2v) is 12.4. The standard InChI is InChI=1S/C24H34O2.C12H17BrO/c1-6-9-17-12-20(13-18(10-7-2)23(17)25)21-14-19(11-8-3)24(26)22(15-21)16(4)5;1-4-5-9-6-10(13)7-11(8(2)3)12(9)14/h12-16,25-26H,6-11H2,1-5H3;6-8,14H,4-5H2,1-3H3. The van der Waals surface area contributed by atoms with Crippen LogP contribution >= 0.6 is 15.9 Å². The largest absolute Gasteiger partial charge is 0.507 e. The first-order chi connectivity index (χ1) is 19.0. The van der Waals surface area contributed by atoms with Gasteiger partial charge >= 0.3 is 0 Å². The molecular formula is C36H51BrO3. The molecule has 0 saturated carbocycles. The average molecular weight is 612 g/mol. The first kappa shape index (κ1) is 33.7. The first-order valence-corrected chi connectivity index (χ1v) is 16.0. The summed E-state index contributed by atoms with van der Waals surface area (Å²) in [6.07, 6.45) is 7.66. The lowest BCUT2D eigenvalue weighted by Gasteiger charge is -2.17. The maximum Gasteiger partial charge on any atom is 0.122 e. The number of rotatable bonds is 11. The number of phenolic OH excluding ortho intramolecular Hbond substituents is 3. The third-order valence-corrected chi connectivity index (χ3v) is 7.78. The maximum atomic E-state index is 10.6. The molecule has 3 nitrogen and oxygen atoms in total. The Morgan fingerprint density at radius 1 is 0.500 bits per heavy atom. The minimum atomic E-state index is 0.271. The van der Waals surface area contributed by atoms with Gasteiger partial charge in [-0.05, 0) is 118 Å². The quantitative estimate of drug-likeness (QED) is 0.202. The normalized spacial score (nSPS) is 11.2. The highest BCUT2D eigenvalue weighted by atomic mass is 79.9. The van der Waals surface area contributed by atoms with Gasteiger partial charge in [0.15, 0.2) is 0 Å². The molecule has 0 bridgehead atoms. The fourth-order valence-electron chi connectivity index (χ4n) is 5.21. The zero-order valence-electron chi connectivity index (χ0n) is 26.0. The van der Waals surface area contributed by atoms with Crippen molar-refractivity contribution in [1.29, 1.82) is 0 Å². The number of hydrogen-bond donors (Lipinski definition) is 3. The first-order valence-electron chi connectivity index (χ1n) is 15.2. The van der Waals surface area contributed by atoms with E-state index in [4.69, 9.17) is 0 Å². The highest BCUT2D eigenvalue weighted by molar-refractivity contribution is 9.10. The van der Waals surface area contributed by atoms with E-state index in [-0.39, 0.29) is 5.92 Å². The van der Waals surface area contributed by atoms with Gasteiger partial charge < -0.3 is 15.3 Å². The molecule has 0 fully saturated rings. The van der Waals surface area contributed by atoms with Crippen molar-refractivity contribution in [1.82, 2.24) is 0 Å². The molecule has 0 aliphatic carbocycles. The predicted octanol–water partition coefficient (Wildman–Crippen LogP) is 11.0. The van der Waals surface area contributed by atoms with Crippen LogP contribution in [-0.2, 0) is 25.7 Å². The fraction of sp³-hybridized carbons (Fsp3) is 0.500. The minimum absolute atomic E-state index is 0.271. The third-order valence-electron chi connectivity index (χ3n) is 7.32. The smallest absolute Gasteiger partial charge is 0.122 e. The Morgan fingerprint density at radius 2 is 0.825 bits per heavy atom. The third kappa shape index (κ3) is 8.77. The number of phenols is 3. The van der Waals surface area contributed by atoms with Crippen molar-refractivity contribution in [3.05, 3.63) is 74.3 Å². The molecule has 3 aromatic rings. The molecule has 3 N–H and O–H groups in total. The molecule has 0 spiro atoms. The molecule has 220 valence electrons. The second kappa shape index (κ2) is 16.1. The Morgan fingerprint density at radius 3 is 1.20 bits per heavy atom. The topological polar surface area (TPSA) is 60.7 Å². The molecule has 0 unspecified atom stereocenters. The summed E-state index contributed by atoms with van der Waals surface area (Å²) in [7, 11) is 0. The van der Waals surface area contributed by atoms with E-state index in [0.717, 1.165) is 100 Å². The summed E-state index contributed by atoms with van der Waals surface area (Å²) in [5.74, 6) is 2.03. The molecule has 0 heterocycles. The van der Waals surface area contributed by atoms with Crippen LogP contribution in [0.15, 0.2) is 40.9 Å². The Kier molecular flexibility index (Phi) is 13.6. The maximum absolute atomic E-state index is 10.6. The Hall–Kier alpha value is -2.46. The van der Waals surface area contributed by atoms with Crippen LogP contribution in [0.2, 0.25) is 0 Å². The van der Waals surface area contributed by atoms with Crippen LogP contribution in [-0.4, -0.2) is 15.3 Å². The van der Waals surface area contributed by atoms with Crippen molar-refractivity contribution < 1.29 is 15.3 Å². The molecule has 0 aliphatic rings. The van der Waals surface area contributed by atoms with E-state index in [9.17, 15) is 15.3 Å². The zero-order valence-corrected chi connectivity index (χ0v) is 27.6. The van der Waals surface area contributed by atoms with Gasteiger partial charge in [0.25, 0.3) is 0 Å². The Balaban J connectivity index is 0.000000337. The van der Waals surface area contributed by atoms with Gasteiger partial charge in [0.1, 0.15) is 17.2 Å². The summed E-state index contributed by atoms with van der Waals surface area (Å²) < 4.78 is 1.06. The van der Waals surface area contributed by atoms with Gasteiger partial charge in [-0.15, -0.1) is 0 Å². The van der Waals surface area contributed by atoms with Crippen molar-refractivity contribution in [3.63, 3.8) is 0 Å². The molecule has 0 atom stereocenters. The lowest BCUT2D eigenvalue weighted by Crippen LogP contribution is -1.97. The van der Waals surface area contributed by atoms with E-state index >= 15 is 0 Å². The summed E-state index contributed by atoms with van der Waals surface area (Å²) >= 11 is 3.47. The zero-order chi connectivity index (χ0) is 30.0. The number of hydrogen-bond acceptors (Lipinski definition) is 3. The summed E-state index contributed by atoms with van der Waals surface area (Å²) in [5, 5.41) is 31.2. The van der Waals surface area contributed by atoms with Crippen molar-refractivity contribution >= 4 is 15.9 Å². The van der Waals surface area contributed by atoms with Gasteiger partial charge in [-0.3, -0.25) is 0 Å². The lowest BCUT2D eigenvalue weighted by molar-refractivity contribution is 0.456. The van der Waals surface area contributed by atoms with Gasteiger partial charge in [-0.25, -0.2) is 0 Å². The van der Waals surface area contributed by atoms with E-state index in [0.29, 0.717) is 23.2 Å². The van der Waals surface area contributed by atoms with Crippen molar-refractivity contribution in [3.8, 4) is 28.4 Å². The van der Waals surface area contributed by atoms with E-state index in [1.807, 2.05) is 12.1 Å². The molecule has 3 aromatic carbocycles. The summed E-state index contributed by atoms with van der Waals surface area (Å²) in [6.45, 7) is 17.0. The summed E-state index contributed by atoms with van der Waals surface area (Å²) in [6, 6.07) is 12.5. The van der Waals surface area contributed by atoms with E-state index in [1.165, 1.54) is 0 Å². The molecule has 0 radical (unpaired) electrons.